The van der Waals surface area contributed by atoms with E-state index in [0.29, 0.717) is 24.3 Å². The van der Waals surface area contributed by atoms with Crippen LogP contribution < -0.4 is 5.32 Å². The van der Waals surface area contributed by atoms with Crippen LogP contribution in [0.5, 0.6) is 0 Å². The number of nitrogens with one attached hydrogen (secondary N) is 1. The van der Waals surface area contributed by atoms with Crippen LogP contribution in [0, 0.1) is 11.3 Å². The smallest absolute Gasteiger partial charge is 0.325 e. The third-order valence-electron chi connectivity index (χ3n) is 4.55. The topological polar surface area (TPSA) is 108 Å². The van der Waals surface area contributed by atoms with E-state index in [1.165, 1.54) is 0 Å². The van der Waals surface area contributed by atoms with Crippen molar-refractivity contribution >= 4 is 34.3 Å². The van der Waals surface area contributed by atoms with Gasteiger partial charge in [-0.1, -0.05) is 11.6 Å². The molecule has 2 N–H and O–H groups in total. The third-order valence-corrected chi connectivity index (χ3v) is 5.62. The molecule has 3 aromatic rings. The number of aromatic nitrogens is 2. The van der Waals surface area contributed by atoms with Crippen LogP contribution in [0.1, 0.15) is 22.3 Å². The maximum atomic E-state index is 13.8. The first-order valence-corrected chi connectivity index (χ1v) is 10.7. The monoisotopic (exact) mass is 536 g/mol. The summed E-state index contributed by atoms with van der Waals surface area (Å²) in [4.78, 5) is 11.9. The Morgan fingerprint density at radius 1 is 1.17 bits per heavy atom. The molecule has 0 fully saturated rings. The highest BCUT2D eigenvalue weighted by atomic mass is 35.5. The minimum atomic E-state index is -5.06. The molecule has 1 unspecified atom stereocenters. The van der Waals surface area contributed by atoms with E-state index in [1.54, 1.807) is 6.07 Å². The van der Waals surface area contributed by atoms with Crippen molar-refractivity contribution < 1.29 is 39.9 Å². The van der Waals surface area contributed by atoms with Gasteiger partial charge in [-0.3, -0.25) is 4.79 Å². The SMILES string of the molecule is N#Cc1cnn(-c2cc(C(F)(F)F)c(NC(=O)Cc3cc(C(F)(F)F)ccc3Cl)cc2S(=O)O)c1. The van der Waals surface area contributed by atoms with Gasteiger partial charge in [0.1, 0.15) is 6.07 Å². The van der Waals surface area contributed by atoms with E-state index >= 15 is 0 Å². The van der Waals surface area contributed by atoms with Crippen molar-refractivity contribution in [1.82, 2.24) is 9.78 Å². The van der Waals surface area contributed by atoms with Crippen LogP contribution in [0.2, 0.25) is 5.02 Å². The average molecular weight is 537 g/mol. The van der Waals surface area contributed by atoms with Gasteiger partial charge in [-0.05, 0) is 35.9 Å². The van der Waals surface area contributed by atoms with Gasteiger partial charge in [0.25, 0.3) is 0 Å². The number of halogens is 7. The first-order valence-electron chi connectivity index (χ1n) is 9.17. The summed E-state index contributed by atoms with van der Waals surface area (Å²) in [5, 5.41) is 14.3. The van der Waals surface area contributed by atoms with E-state index in [0.717, 1.165) is 23.1 Å². The van der Waals surface area contributed by atoms with E-state index < -0.39 is 63.2 Å². The molecule has 0 saturated carbocycles. The summed E-state index contributed by atoms with van der Waals surface area (Å²) in [6.07, 6.45) is -8.57. The lowest BCUT2D eigenvalue weighted by atomic mass is 10.1. The van der Waals surface area contributed by atoms with E-state index in [4.69, 9.17) is 16.9 Å². The van der Waals surface area contributed by atoms with Crippen molar-refractivity contribution in [1.29, 1.82) is 5.26 Å². The van der Waals surface area contributed by atoms with Gasteiger partial charge in [-0.25, -0.2) is 8.89 Å². The molecule has 1 heterocycles. The van der Waals surface area contributed by atoms with Crippen molar-refractivity contribution in [3.8, 4) is 11.8 Å². The van der Waals surface area contributed by atoms with Crippen LogP contribution in [0.15, 0.2) is 47.6 Å². The van der Waals surface area contributed by atoms with Crippen LogP contribution in [-0.4, -0.2) is 24.4 Å². The predicted octanol–water partition coefficient (Wildman–Crippen LogP) is 5.20. The molecule has 184 valence electrons. The Labute approximate surface area is 200 Å². The molecule has 7 nitrogen and oxygen atoms in total. The highest BCUT2D eigenvalue weighted by Gasteiger charge is 2.36. The van der Waals surface area contributed by atoms with Crippen molar-refractivity contribution in [3.05, 3.63) is 70.0 Å². The second-order valence-electron chi connectivity index (χ2n) is 6.93. The van der Waals surface area contributed by atoms with Crippen LogP contribution in [0.25, 0.3) is 5.69 Å². The molecule has 0 radical (unpaired) electrons. The molecule has 0 aliphatic carbocycles. The van der Waals surface area contributed by atoms with Crippen molar-refractivity contribution in [3.63, 3.8) is 0 Å². The number of carbonyl (C=O) groups is 1. The van der Waals surface area contributed by atoms with Crippen LogP contribution >= 0.6 is 11.6 Å². The van der Waals surface area contributed by atoms with Crippen molar-refractivity contribution in [2.75, 3.05) is 5.32 Å². The number of alkyl halides is 6. The molecule has 15 heteroatoms. The molecule has 0 aliphatic rings. The van der Waals surface area contributed by atoms with Gasteiger partial charge in [0.15, 0.2) is 11.1 Å². The zero-order chi connectivity index (χ0) is 26.1. The second kappa shape index (κ2) is 9.68. The fourth-order valence-electron chi connectivity index (χ4n) is 2.99. The maximum absolute atomic E-state index is 13.8. The van der Waals surface area contributed by atoms with Crippen molar-refractivity contribution in [2.24, 2.45) is 0 Å². The summed E-state index contributed by atoms with van der Waals surface area (Å²) >= 11 is 2.98. The summed E-state index contributed by atoms with van der Waals surface area (Å²) in [5.74, 6) is -1.16. The summed E-state index contributed by atoms with van der Waals surface area (Å²) in [6.45, 7) is 0. The van der Waals surface area contributed by atoms with Crippen LogP contribution in [-0.2, 0) is 34.6 Å². The Morgan fingerprint density at radius 3 is 2.40 bits per heavy atom. The zero-order valence-corrected chi connectivity index (χ0v) is 18.5. The summed E-state index contributed by atoms with van der Waals surface area (Å²) in [5.41, 5.74) is -4.28. The number of nitriles is 1. The first-order chi connectivity index (χ1) is 16.2. The van der Waals surface area contributed by atoms with Crippen LogP contribution in [0.4, 0.5) is 32.0 Å². The molecule has 0 bridgehead atoms. The molecular formula is C20H11ClF6N4O3S. The number of rotatable bonds is 5. The Hall–Kier alpha value is -3.41. The van der Waals surface area contributed by atoms with E-state index in [-0.39, 0.29) is 16.1 Å². The number of nitrogens with zero attached hydrogens (tertiary/aromatic N) is 3. The third kappa shape index (κ3) is 5.99. The number of hydrogen-bond acceptors (Lipinski definition) is 4. The lowest BCUT2D eigenvalue weighted by Gasteiger charge is -2.18. The Bertz CT molecular complexity index is 1360. The molecule has 2 aromatic carbocycles. The largest absolute Gasteiger partial charge is 0.418 e. The lowest BCUT2D eigenvalue weighted by molar-refractivity contribution is -0.138. The summed E-state index contributed by atoms with van der Waals surface area (Å²) < 4.78 is 102. The first kappa shape index (κ1) is 26.2. The van der Waals surface area contributed by atoms with Gasteiger partial charge >= 0.3 is 12.4 Å². The fraction of sp³-hybridized carbons (Fsp3) is 0.150. The molecule has 1 atom stereocenters. The Kier molecular flexibility index (Phi) is 7.25. The number of amides is 1. The van der Waals surface area contributed by atoms with Gasteiger partial charge in [0.2, 0.25) is 5.91 Å². The van der Waals surface area contributed by atoms with Crippen molar-refractivity contribution in [2.45, 2.75) is 23.7 Å². The highest BCUT2D eigenvalue weighted by molar-refractivity contribution is 7.79. The minimum absolute atomic E-state index is 0.0384. The summed E-state index contributed by atoms with van der Waals surface area (Å²) in [7, 11) is 0. The molecule has 1 aromatic heterocycles. The number of carbonyl (C=O) groups excluding carboxylic acids is 1. The Morgan fingerprint density at radius 2 is 1.86 bits per heavy atom. The van der Waals surface area contributed by atoms with Crippen LogP contribution in [0.3, 0.4) is 0 Å². The maximum Gasteiger partial charge on any atom is 0.418 e. The standard InChI is InChI=1S/C20H11ClF6N4O3S/c21-14-2-1-12(19(22,23)24)3-11(14)4-18(32)30-15-6-17(35(33)34)16(5-13(15)20(25,26)27)31-9-10(7-28)8-29-31/h1-3,5-6,8-9H,4H2,(H,30,32)(H,33,34). The molecule has 35 heavy (non-hydrogen) atoms. The van der Waals surface area contributed by atoms with E-state index in [9.17, 15) is 39.9 Å². The van der Waals surface area contributed by atoms with Gasteiger partial charge in [-0.2, -0.15) is 36.7 Å². The molecule has 1 amide bonds. The number of hydrogen-bond donors (Lipinski definition) is 2. The molecular weight excluding hydrogens is 526 g/mol. The Balaban J connectivity index is 2.03. The van der Waals surface area contributed by atoms with Gasteiger partial charge in [-0.15, -0.1) is 0 Å². The highest BCUT2D eigenvalue weighted by Crippen LogP contribution is 2.39. The lowest BCUT2D eigenvalue weighted by Crippen LogP contribution is -2.20. The predicted molar refractivity (Wildman–Crippen MR) is 111 cm³/mol. The average Bonchev–Trinajstić information content (AvgIpc) is 3.22. The molecule has 3 rings (SSSR count). The van der Waals surface area contributed by atoms with E-state index in [1.807, 2.05) is 5.32 Å². The minimum Gasteiger partial charge on any atom is -0.325 e. The molecule has 0 aliphatic heterocycles. The second-order valence-corrected chi connectivity index (χ2v) is 8.27. The normalized spacial score (nSPS) is 12.8. The van der Waals surface area contributed by atoms with Gasteiger partial charge in [0.05, 0.1) is 45.6 Å². The zero-order valence-electron chi connectivity index (χ0n) is 16.9. The number of benzene rings is 2. The van der Waals surface area contributed by atoms with Gasteiger partial charge < -0.3 is 9.87 Å². The summed E-state index contributed by atoms with van der Waals surface area (Å²) in [6, 6.07) is 4.92. The molecule has 0 saturated heterocycles. The number of anilines is 1. The fourth-order valence-corrected chi connectivity index (χ4v) is 3.73. The van der Waals surface area contributed by atoms with E-state index in [2.05, 4.69) is 5.10 Å². The van der Waals surface area contributed by atoms with Gasteiger partial charge in [0, 0.05) is 11.2 Å². The quantitative estimate of drug-likeness (QED) is 0.344. The molecule has 0 spiro atoms.